The lowest BCUT2D eigenvalue weighted by atomic mass is 9.82. The molecule has 0 aromatic rings. The monoisotopic (exact) mass is 306 g/mol. The van der Waals surface area contributed by atoms with Gasteiger partial charge in [-0.3, -0.25) is 9.59 Å². The van der Waals surface area contributed by atoms with Gasteiger partial charge in [0, 0.05) is 31.6 Å². The molecule has 1 N–H and O–H groups in total. The molecule has 2 aliphatic heterocycles. The molecule has 122 valence electrons. The van der Waals surface area contributed by atoms with E-state index in [1.54, 1.807) is 0 Å². The predicted molar refractivity (Wildman–Crippen MR) is 81.0 cm³/mol. The van der Waals surface area contributed by atoms with Gasteiger partial charge in [-0.05, 0) is 57.3 Å². The molecule has 5 nitrogen and oxygen atoms in total. The van der Waals surface area contributed by atoms with Crippen molar-refractivity contribution in [3.8, 4) is 0 Å². The van der Waals surface area contributed by atoms with E-state index in [1.807, 2.05) is 4.90 Å². The minimum Gasteiger partial charge on any atom is -0.380 e. The molecule has 0 radical (unpaired) electrons. The zero-order valence-electron chi connectivity index (χ0n) is 13.2. The molecule has 0 spiro atoms. The van der Waals surface area contributed by atoms with Crippen LogP contribution in [0.15, 0.2) is 0 Å². The Morgan fingerprint density at radius 3 is 2.55 bits per heavy atom. The number of hydrogen-bond acceptors (Lipinski definition) is 3. The minimum absolute atomic E-state index is 0.0571. The second-order valence-electron chi connectivity index (χ2n) is 7.68. The molecule has 0 unspecified atom stereocenters. The highest BCUT2D eigenvalue weighted by atomic mass is 16.3. The number of amides is 2. The van der Waals surface area contributed by atoms with Crippen molar-refractivity contribution < 1.29 is 14.7 Å². The highest BCUT2D eigenvalue weighted by Gasteiger charge is 2.48. The van der Waals surface area contributed by atoms with Gasteiger partial charge in [-0.25, -0.2) is 0 Å². The van der Waals surface area contributed by atoms with Crippen LogP contribution >= 0.6 is 0 Å². The van der Waals surface area contributed by atoms with Gasteiger partial charge in [0.25, 0.3) is 5.91 Å². The number of likely N-dealkylation sites (tertiary alicyclic amines) is 2. The predicted octanol–water partition coefficient (Wildman–Crippen LogP) is 1.29. The van der Waals surface area contributed by atoms with Crippen LogP contribution in [0, 0.1) is 5.92 Å². The van der Waals surface area contributed by atoms with E-state index in [0.29, 0.717) is 49.7 Å². The fourth-order valence-corrected chi connectivity index (χ4v) is 4.77. The number of rotatable bonds is 2. The summed E-state index contributed by atoms with van der Waals surface area (Å²) in [6.45, 7) is 1.42. The second kappa shape index (κ2) is 5.22. The van der Waals surface area contributed by atoms with Gasteiger partial charge in [0.2, 0.25) is 5.91 Å². The molecule has 0 aromatic heterocycles. The van der Waals surface area contributed by atoms with Gasteiger partial charge in [-0.1, -0.05) is 0 Å². The zero-order valence-corrected chi connectivity index (χ0v) is 13.2. The van der Waals surface area contributed by atoms with Crippen LogP contribution in [-0.4, -0.2) is 57.5 Å². The first-order valence-electron chi connectivity index (χ1n) is 8.91. The molecule has 2 aliphatic carbocycles. The summed E-state index contributed by atoms with van der Waals surface area (Å²) in [6.07, 6.45) is 7.84. The van der Waals surface area contributed by atoms with Gasteiger partial charge in [-0.15, -0.1) is 0 Å². The molecular formula is C17H26N2O3. The Hall–Kier alpha value is -1.10. The van der Waals surface area contributed by atoms with E-state index in [0.717, 1.165) is 45.1 Å². The Morgan fingerprint density at radius 2 is 1.86 bits per heavy atom. The molecule has 2 atom stereocenters. The third kappa shape index (κ3) is 2.34. The molecule has 4 rings (SSSR count). The van der Waals surface area contributed by atoms with Crippen LogP contribution < -0.4 is 0 Å². The van der Waals surface area contributed by atoms with E-state index in [9.17, 15) is 14.7 Å². The van der Waals surface area contributed by atoms with Crippen LogP contribution in [0.5, 0.6) is 0 Å². The smallest absolute Gasteiger partial charge is 0.254 e. The molecule has 2 saturated heterocycles. The Balaban J connectivity index is 1.45. The maximum Gasteiger partial charge on any atom is 0.254 e. The van der Waals surface area contributed by atoms with E-state index in [2.05, 4.69) is 4.90 Å². The quantitative estimate of drug-likeness (QED) is 0.836. The summed E-state index contributed by atoms with van der Waals surface area (Å²) in [4.78, 5) is 28.9. The lowest BCUT2D eigenvalue weighted by Gasteiger charge is -2.48. The number of hydrogen-bond donors (Lipinski definition) is 1. The molecule has 4 aliphatic rings. The highest BCUT2D eigenvalue weighted by Crippen LogP contribution is 2.40. The minimum atomic E-state index is -1.10. The van der Waals surface area contributed by atoms with Crippen LogP contribution in [0.2, 0.25) is 0 Å². The van der Waals surface area contributed by atoms with Crippen molar-refractivity contribution >= 4 is 11.8 Å². The molecule has 2 amide bonds. The SMILES string of the molecule is O=C1CC[C@H]2CN(C(=O)C3(O)CCCC3)CC[C@@H]2N1C1CC1. The summed E-state index contributed by atoms with van der Waals surface area (Å²) in [7, 11) is 0. The lowest BCUT2D eigenvalue weighted by Crippen LogP contribution is -2.59. The molecule has 22 heavy (non-hydrogen) atoms. The first-order valence-corrected chi connectivity index (χ1v) is 8.91. The summed E-state index contributed by atoms with van der Waals surface area (Å²) in [6, 6.07) is 0.803. The van der Waals surface area contributed by atoms with Crippen LogP contribution in [0.1, 0.15) is 57.8 Å². The number of nitrogens with zero attached hydrogens (tertiary/aromatic N) is 2. The number of aliphatic hydroxyl groups is 1. The van der Waals surface area contributed by atoms with Crippen molar-refractivity contribution in [2.24, 2.45) is 5.92 Å². The van der Waals surface area contributed by atoms with Crippen molar-refractivity contribution in [3.63, 3.8) is 0 Å². The Kier molecular flexibility index (Phi) is 3.44. The van der Waals surface area contributed by atoms with E-state index < -0.39 is 5.60 Å². The van der Waals surface area contributed by atoms with Gasteiger partial charge in [0.1, 0.15) is 5.60 Å². The standard InChI is InChI=1S/C17H26N2O3/c20-15-6-3-12-11-18(16(21)17(22)8-1-2-9-17)10-7-14(12)19(15)13-4-5-13/h12-14,22H,1-11H2/t12-,14-/m0/s1. The van der Waals surface area contributed by atoms with E-state index in [-0.39, 0.29) is 5.91 Å². The third-order valence-electron chi connectivity index (χ3n) is 6.12. The lowest BCUT2D eigenvalue weighted by molar-refractivity contribution is -0.156. The van der Waals surface area contributed by atoms with E-state index in [1.165, 1.54) is 0 Å². The number of carbonyl (C=O) groups excluding carboxylic acids is 2. The van der Waals surface area contributed by atoms with Gasteiger partial charge in [0.05, 0.1) is 0 Å². The van der Waals surface area contributed by atoms with Crippen molar-refractivity contribution in [2.45, 2.75) is 75.5 Å². The first-order chi connectivity index (χ1) is 10.6. The van der Waals surface area contributed by atoms with Crippen LogP contribution in [0.3, 0.4) is 0 Å². The summed E-state index contributed by atoms with van der Waals surface area (Å²) in [5, 5.41) is 10.5. The van der Waals surface area contributed by atoms with Crippen LogP contribution in [-0.2, 0) is 9.59 Å². The first kappa shape index (κ1) is 14.5. The highest BCUT2D eigenvalue weighted by molar-refractivity contribution is 5.85. The molecule has 5 heteroatoms. The number of piperidine rings is 2. The van der Waals surface area contributed by atoms with Gasteiger partial charge in [0.15, 0.2) is 0 Å². The topological polar surface area (TPSA) is 60.9 Å². The number of carbonyl (C=O) groups is 2. The normalized spacial score (nSPS) is 34.7. The molecule has 4 fully saturated rings. The Morgan fingerprint density at radius 1 is 1.14 bits per heavy atom. The van der Waals surface area contributed by atoms with Gasteiger partial charge < -0.3 is 14.9 Å². The number of fused-ring (bicyclic) bond motifs is 1. The fraction of sp³-hybridized carbons (Fsp3) is 0.882. The largest absolute Gasteiger partial charge is 0.380 e. The second-order valence-corrected chi connectivity index (χ2v) is 7.68. The Bertz CT molecular complexity index is 482. The summed E-state index contributed by atoms with van der Waals surface area (Å²) in [5.41, 5.74) is -1.10. The average molecular weight is 306 g/mol. The molecule has 2 heterocycles. The van der Waals surface area contributed by atoms with Crippen molar-refractivity contribution in [1.29, 1.82) is 0 Å². The van der Waals surface area contributed by atoms with E-state index >= 15 is 0 Å². The maximum absolute atomic E-state index is 12.7. The molecule has 0 aromatic carbocycles. The third-order valence-corrected chi connectivity index (χ3v) is 6.12. The van der Waals surface area contributed by atoms with Gasteiger partial charge in [-0.2, -0.15) is 0 Å². The Labute approximate surface area is 131 Å². The average Bonchev–Trinajstić information content (AvgIpc) is 3.26. The zero-order chi connectivity index (χ0) is 15.3. The van der Waals surface area contributed by atoms with Gasteiger partial charge >= 0.3 is 0 Å². The summed E-state index contributed by atoms with van der Waals surface area (Å²) in [5.74, 6) is 0.664. The fourth-order valence-electron chi connectivity index (χ4n) is 4.77. The van der Waals surface area contributed by atoms with Crippen LogP contribution in [0.25, 0.3) is 0 Å². The molecule has 0 bridgehead atoms. The van der Waals surface area contributed by atoms with E-state index in [4.69, 9.17) is 0 Å². The van der Waals surface area contributed by atoms with Crippen molar-refractivity contribution in [2.75, 3.05) is 13.1 Å². The van der Waals surface area contributed by atoms with Crippen molar-refractivity contribution in [1.82, 2.24) is 9.80 Å². The maximum atomic E-state index is 12.7. The van der Waals surface area contributed by atoms with Crippen molar-refractivity contribution in [3.05, 3.63) is 0 Å². The van der Waals surface area contributed by atoms with Crippen LogP contribution in [0.4, 0.5) is 0 Å². The summed E-state index contributed by atoms with van der Waals surface area (Å²) >= 11 is 0. The molecular weight excluding hydrogens is 280 g/mol. The summed E-state index contributed by atoms with van der Waals surface area (Å²) < 4.78 is 0. The molecule has 2 saturated carbocycles.